The summed E-state index contributed by atoms with van der Waals surface area (Å²) in [6.07, 6.45) is 5.81. The van der Waals surface area contributed by atoms with Crippen LogP contribution in [0.15, 0.2) is 24.3 Å². The molecule has 0 bridgehead atoms. The van der Waals surface area contributed by atoms with Crippen LogP contribution in [0.1, 0.15) is 56.8 Å². The zero-order valence-corrected chi connectivity index (χ0v) is 17.4. The number of carbonyl (C=O) groups excluding carboxylic acids is 1. The molecule has 2 aliphatic heterocycles. The van der Waals surface area contributed by atoms with E-state index in [2.05, 4.69) is 46.0 Å². The van der Waals surface area contributed by atoms with Crippen LogP contribution in [0.3, 0.4) is 0 Å². The molecule has 1 fully saturated rings. The number of hydrogen-bond donors (Lipinski definition) is 1. The van der Waals surface area contributed by atoms with Gasteiger partial charge in [-0.3, -0.25) is 4.79 Å². The smallest absolute Gasteiger partial charge is 0.220 e. The first-order valence-corrected chi connectivity index (χ1v) is 10.2. The van der Waals surface area contributed by atoms with Gasteiger partial charge in [0.2, 0.25) is 5.91 Å². The first-order chi connectivity index (χ1) is 12.6. The number of para-hydroxylation sites is 1. The van der Waals surface area contributed by atoms with Gasteiger partial charge in [-0.25, -0.2) is 0 Å². The summed E-state index contributed by atoms with van der Waals surface area (Å²) in [5, 5.41) is 1.33. The summed E-state index contributed by atoms with van der Waals surface area (Å²) in [4.78, 5) is 20.6. The molecule has 1 aromatic carbocycles. The number of likely N-dealkylation sites (tertiary alicyclic amines) is 1. The van der Waals surface area contributed by atoms with Crippen molar-refractivity contribution in [2.75, 3.05) is 26.2 Å². The van der Waals surface area contributed by atoms with Crippen LogP contribution in [-0.2, 0) is 11.2 Å². The minimum atomic E-state index is 0. The van der Waals surface area contributed by atoms with Crippen molar-refractivity contribution >= 4 is 29.2 Å². The second-order valence-corrected chi connectivity index (χ2v) is 8.21. The topological polar surface area (TPSA) is 39.3 Å². The summed E-state index contributed by atoms with van der Waals surface area (Å²) in [6.45, 7) is 8.55. The quantitative estimate of drug-likeness (QED) is 0.833. The fraction of sp³-hybridized carbons (Fsp3) is 0.591. The van der Waals surface area contributed by atoms with Crippen LogP contribution in [-0.4, -0.2) is 46.9 Å². The van der Waals surface area contributed by atoms with Crippen molar-refractivity contribution in [3.63, 3.8) is 0 Å². The van der Waals surface area contributed by atoms with Gasteiger partial charge in [-0.1, -0.05) is 25.1 Å². The van der Waals surface area contributed by atoms with Gasteiger partial charge < -0.3 is 14.8 Å². The maximum Gasteiger partial charge on any atom is 0.220 e. The molecule has 4 nitrogen and oxygen atoms in total. The molecule has 2 aromatic rings. The Morgan fingerprint density at radius 1 is 1.19 bits per heavy atom. The minimum absolute atomic E-state index is 0. The van der Waals surface area contributed by atoms with E-state index in [1.54, 1.807) is 6.92 Å². The van der Waals surface area contributed by atoms with E-state index in [1.165, 1.54) is 48.1 Å². The third-order valence-electron chi connectivity index (χ3n) is 6.39. The lowest BCUT2D eigenvalue weighted by molar-refractivity contribution is -0.132. The van der Waals surface area contributed by atoms with E-state index < -0.39 is 0 Å². The largest absolute Gasteiger partial charge is 0.356 e. The molecule has 4 rings (SSSR count). The molecule has 0 radical (unpaired) electrons. The van der Waals surface area contributed by atoms with Crippen molar-refractivity contribution in [1.29, 1.82) is 0 Å². The molecule has 0 saturated carbocycles. The first-order valence-electron chi connectivity index (χ1n) is 10.2. The third-order valence-corrected chi connectivity index (χ3v) is 6.39. The number of amides is 1. The summed E-state index contributed by atoms with van der Waals surface area (Å²) in [5.41, 5.74) is 3.91. The molecule has 27 heavy (non-hydrogen) atoms. The molecule has 1 aromatic heterocycles. The molecule has 1 unspecified atom stereocenters. The van der Waals surface area contributed by atoms with Crippen LogP contribution < -0.4 is 0 Å². The van der Waals surface area contributed by atoms with Crippen molar-refractivity contribution in [3.05, 3.63) is 35.5 Å². The van der Waals surface area contributed by atoms with Crippen molar-refractivity contribution < 1.29 is 4.79 Å². The van der Waals surface area contributed by atoms with Crippen LogP contribution in [0.2, 0.25) is 0 Å². The van der Waals surface area contributed by atoms with Crippen LogP contribution in [0.25, 0.3) is 10.9 Å². The number of aromatic amines is 1. The second kappa shape index (κ2) is 8.66. The van der Waals surface area contributed by atoms with Gasteiger partial charge in [0.05, 0.1) is 6.04 Å². The number of aromatic nitrogens is 1. The summed E-state index contributed by atoms with van der Waals surface area (Å²) in [6, 6.07) is 8.75. The monoisotopic (exact) mass is 389 g/mol. The summed E-state index contributed by atoms with van der Waals surface area (Å²) in [5.74, 6) is 1.08. The SMILES string of the molecule is CC(=O)N1CCc2c([nH]c3ccccc23)C1CCCN1CCC(C)CC1.Cl. The Kier molecular flexibility index (Phi) is 6.48. The molecule has 3 heterocycles. The minimum Gasteiger partial charge on any atom is -0.356 e. The van der Waals surface area contributed by atoms with E-state index in [-0.39, 0.29) is 24.4 Å². The van der Waals surface area contributed by atoms with Crippen LogP contribution >= 0.6 is 12.4 Å². The van der Waals surface area contributed by atoms with Crippen LogP contribution in [0, 0.1) is 5.92 Å². The second-order valence-electron chi connectivity index (χ2n) is 8.21. The van der Waals surface area contributed by atoms with E-state index in [9.17, 15) is 4.79 Å². The number of rotatable bonds is 4. The molecule has 148 valence electrons. The highest BCUT2D eigenvalue weighted by molar-refractivity contribution is 5.86. The zero-order valence-electron chi connectivity index (χ0n) is 16.5. The number of hydrogen-bond acceptors (Lipinski definition) is 2. The molecule has 1 N–H and O–H groups in total. The number of H-pyrrole nitrogens is 1. The lowest BCUT2D eigenvalue weighted by Crippen LogP contribution is -2.39. The van der Waals surface area contributed by atoms with Crippen molar-refractivity contribution in [2.45, 2.75) is 52.0 Å². The average Bonchev–Trinajstić information content (AvgIpc) is 3.02. The Labute approximate surface area is 168 Å². The van der Waals surface area contributed by atoms with Gasteiger partial charge >= 0.3 is 0 Å². The number of benzene rings is 1. The van der Waals surface area contributed by atoms with Gasteiger partial charge in [0.25, 0.3) is 0 Å². The molecular formula is C22H32ClN3O. The van der Waals surface area contributed by atoms with Gasteiger partial charge in [0.1, 0.15) is 0 Å². The Morgan fingerprint density at radius 3 is 2.67 bits per heavy atom. The van der Waals surface area contributed by atoms with Crippen molar-refractivity contribution in [3.8, 4) is 0 Å². The highest BCUT2D eigenvalue weighted by Crippen LogP contribution is 2.37. The molecule has 5 heteroatoms. The fourth-order valence-electron chi connectivity index (χ4n) is 4.79. The summed E-state index contributed by atoms with van der Waals surface area (Å²) in [7, 11) is 0. The van der Waals surface area contributed by atoms with Crippen LogP contribution in [0.4, 0.5) is 0 Å². The van der Waals surface area contributed by atoms with E-state index in [0.29, 0.717) is 0 Å². The predicted octanol–water partition coefficient (Wildman–Crippen LogP) is 4.55. The highest BCUT2D eigenvalue weighted by Gasteiger charge is 2.31. The number of piperidine rings is 1. The normalized spacial score (nSPS) is 21.1. The highest BCUT2D eigenvalue weighted by atomic mass is 35.5. The fourth-order valence-corrected chi connectivity index (χ4v) is 4.79. The lowest BCUT2D eigenvalue weighted by atomic mass is 9.94. The number of carbonyl (C=O) groups is 1. The van der Waals surface area contributed by atoms with Crippen LogP contribution in [0.5, 0.6) is 0 Å². The third kappa shape index (κ3) is 4.17. The number of nitrogens with one attached hydrogen (secondary N) is 1. The Balaban J connectivity index is 0.00000210. The summed E-state index contributed by atoms with van der Waals surface area (Å²) >= 11 is 0. The van der Waals surface area contributed by atoms with Crippen molar-refractivity contribution in [1.82, 2.24) is 14.8 Å². The molecule has 0 aliphatic carbocycles. The Hall–Kier alpha value is -1.52. The number of nitrogens with zero attached hydrogens (tertiary/aromatic N) is 2. The summed E-state index contributed by atoms with van der Waals surface area (Å²) < 4.78 is 0. The number of fused-ring (bicyclic) bond motifs is 3. The van der Waals surface area contributed by atoms with Crippen molar-refractivity contribution in [2.24, 2.45) is 5.92 Å². The van der Waals surface area contributed by atoms with E-state index in [1.807, 2.05) is 0 Å². The molecular weight excluding hydrogens is 358 g/mol. The molecule has 1 saturated heterocycles. The predicted molar refractivity (Wildman–Crippen MR) is 113 cm³/mol. The Morgan fingerprint density at radius 2 is 1.93 bits per heavy atom. The maximum absolute atomic E-state index is 12.2. The van der Waals surface area contributed by atoms with Gasteiger partial charge in [0, 0.05) is 30.1 Å². The van der Waals surface area contributed by atoms with E-state index in [4.69, 9.17) is 0 Å². The van der Waals surface area contributed by atoms with Gasteiger partial charge in [-0.15, -0.1) is 12.4 Å². The number of halogens is 1. The first kappa shape index (κ1) is 20.2. The molecule has 1 amide bonds. The molecule has 0 spiro atoms. The molecule has 2 aliphatic rings. The average molecular weight is 390 g/mol. The van der Waals surface area contributed by atoms with Gasteiger partial charge in [-0.05, 0) is 69.3 Å². The standard InChI is InChI=1S/C22H31N3O.ClH/c1-16-9-13-24(14-10-16)12-5-8-21-22-19(11-15-25(21)17(2)26)18-6-3-4-7-20(18)23-22;/h3-4,6-7,16,21,23H,5,8-15H2,1-2H3;1H. The Bertz CT molecular complexity index is 779. The van der Waals surface area contributed by atoms with Gasteiger partial charge in [-0.2, -0.15) is 0 Å². The molecule has 1 atom stereocenters. The zero-order chi connectivity index (χ0) is 18.1. The van der Waals surface area contributed by atoms with E-state index >= 15 is 0 Å². The maximum atomic E-state index is 12.2. The van der Waals surface area contributed by atoms with Gasteiger partial charge in [0.15, 0.2) is 0 Å². The van der Waals surface area contributed by atoms with E-state index in [0.717, 1.165) is 38.3 Å². The lowest BCUT2D eigenvalue weighted by Gasteiger charge is -2.36.